The minimum atomic E-state index is -3.62. The Morgan fingerprint density at radius 1 is 1.17 bits per heavy atom. The number of fused-ring (bicyclic) bond motifs is 1. The zero-order chi connectivity index (χ0) is 17.0. The highest BCUT2D eigenvalue weighted by Gasteiger charge is 2.22. The van der Waals surface area contributed by atoms with Crippen molar-refractivity contribution >= 4 is 26.8 Å². The van der Waals surface area contributed by atoms with Gasteiger partial charge in [0.2, 0.25) is 5.91 Å². The summed E-state index contributed by atoms with van der Waals surface area (Å²) in [5.41, 5.74) is 0.598. The average Bonchev–Trinajstić information content (AvgIpc) is 2.90. The number of rotatable bonds is 5. The molecular weight excluding hydrogens is 330 g/mol. The summed E-state index contributed by atoms with van der Waals surface area (Å²) in [5, 5.41) is 10.3. The number of hydrogen-bond acceptors (Lipinski definition) is 6. The lowest BCUT2D eigenvalue weighted by Crippen LogP contribution is -2.35. The molecule has 1 fully saturated rings. The molecule has 1 aromatic carbocycles. The number of carbonyl (C=O) groups excluding carboxylic acids is 1. The standard InChI is InChI=1S/C16H21N3O4S/c20-15(17-12-6-3-1-2-4-7-12)10-11-24(21,22)14-9-5-8-13-16(14)19-23-18-13/h5,8-9,12H,1-4,6-7,10-11H2,(H,17,20). The van der Waals surface area contributed by atoms with Crippen molar-refractivity contribution in [2.75, 3.05) is 5.75 Å². The Morgan fingerprint density at radius 3 is 2.67 bits per heavy atom. The number of carbonyl (C=O) groups is 1. The number of nitrogens with one attached hydrogen (secondary N) is 1. The van der Waals surface area contributed by atoms with Crippen molar-refractivity contribution in [1.82, 2.24) is 15.6 Å². The van der Waals surface area contributed by atoms with Gasteiger partial charge in [0.25, 0.3) is 0 Å². The first kappa shape index (κ1) is 16.9. The van der Waals surface area contributed by atoms with Crippen LogP contribution in [-0.4, -0.2) is 36.4 Å². The van der Waals surface area contributed by atoms with E-state index in [1.54, 1.807) is 12.1 Å². The number of hydrogen-bond donors (Lipinski definition) is 1. The summed E-state index contributed by atoms with van der Waals surface area (Å²) in [7, 11) is -3.62. The van der Waals surface area contributed by atoms with E-state index >= 15 is 0 Å². The first-order valence-corrected chi connectivity index (χ1v) is 9.95. The van der Waals surface area contributed by atoms with Crippen molar-refractivity contribution < 1.29 is 17.8 Å². The summed E-state index contributed by atoms with van der Waals surface area (Å²) in [6.45, 7) is 0. The van der Waals surface area contributed by atoms with E-state index < -0.39 is 9.84 Å². The topological polar surface area (TPSA) is 102 Å². The molecule has 0 radical (unpaired) electrons. The average molecular weight is 351 g/mol. The molecule has 1 aromatic heterocycles. The van der Waals surface area contributed by atoms with Crippen LogP contribution in [0, 0.1) is 0 Å². The lowest BCUT2D eigenvalue weighted by molar-refractivity contribution is -0.121. The number of aromatic nitrogens is 2. The third-order valence-electron chi connectivity index (χ3n) is 4.40. The largest absolute Gasteiger partial charge is 0.353 e. The van der Waals surface area contributed by atoms with Gasteiger partial charge < -0.3 is 5.32 Å². The van der Waals surface area contributed by atoms with Crippen LogP contribution in [0.25, 0.3) is 11.0 Å². The smallest absolute Gasteiger partial charge is 0.221 e. The van der Waals surface area contributed by atoms with Crippen LogP contribution in [0.3, 0.4) is 0 Å². The third-order valence-corrected chi connectivity index (χ3v) is 6.14. The van der Waals surface area contributed by atoms with Crippen LogP contribution in [-0.2, 0) is 14.6 Å². The maximum Gasteiger partial charge on any atom is 0.221 e. The predicted molar refractivity (Wildman–Crippen MR) is 88.1 cm³/mol. The van der Waals surface area contributed by atoms with Crippen molar-refractivity contribution in [3.05, 3.63) is 18.2 Å². The van der Waals surface area contributed by atoms with Crippen molar-refractivity contribution in [1.29, 1.82) is 0 Å². The molecule has 0 unspecified atom stereocenters. The molecule has 0 bridgehead atoms. The van der Waals surface area contributed by atoms with Gasteiger partial charge >= 0.3 is 0 Å². The van der Waals surface area contributed by atoms with E-state index in [1.165, 1.54) is 18.9 Å². The minimum absolute atomic E-state index is 0.0551. The number of sulfone groups is 1. The van der Waals surface area contributed by atoms with Gasteiger partial charge in [0.05, 0.1) is 10.6 Å². The van der Waals surface area contributed by atoms with Gasteiger partial charge in [-0.3, -0.25) is 4.79 Å². The fourth-order valence-corrected chi connectivity index (χ4v) is 4.49. The molecule has 0 aliphatic heterocycles. The second-order valence-electron chi connectivity index (χ2n) is 6.21. The van der Waals surface area contributed by atoms with Crippen molar-refractivity contribution in [2.45, 2.75) is 55.9 Å². The fourth-order valence-electron chi connectivity index (χ4n) is 3.09. The van der Waals surface area contributed by atoms with Crippen LogP contribution < -0.4 is 5.32 Å². The Kier molecular flexibility index (Phi) is 5.13. The Hall–Kier alpha value is -1.96. The Labute approximate surface area is 140 Å². The number of nitrogens with zero attached hydrogens (tertiary/aromatic N) is 2. The van der Waals surface area contributed by atoms with E-state index in [0.29, 0.717) is 5.52 Å². The number of benzene rings is 1. The van der Waals surface area contributed by atoms with Gasteiger partial charge in [-0.1, -0.05) is 31.7 Å². The maximum absolute atomic E-state index is 12.5. The summed E-state index contributed by atoms with van der Waals surface area (Å²) in [5.74, 6) is -0.465. The van der Waals surface area contributed by atoms with Crippen molar-refractivity contribution in [3.63, 3.8) is 0 Å². The summed E-state index contributed by atoms with van der Waals surface area (Å²) in [6.07, 6.45) is 6.53. The molecular formula is C16H21N3O4S. The van der Waals surface area contributed by atoms with Gasteiger partial charge in [0, 0.05) is 12.5 Å². The van der Waals surface area contributed by atoms with Crippen LogP contribution in [0.2, 0.25) is 0 Å². The van der Waals surface area contributed by atoms with E-state index in [2.05, 4.69) is 20.3 Å². The highest BCUT2D eigenvalue weighted by Crippen LogP contribution is 2.21. The van der Waals surface area contributed by atoms with Gasteiger partial charge in [-0.2, -0.15) is 0 Å². The van der Waals surface area contributed by atoms with Crippen molar-refractivity contribution in [3.8, 4) is 0 Å². The highest BCUT2D eigenvalue weighted by molar-refractivity contribution is 7.91. The first-order valence-electron chi connectivity index (χ1n) is 8.30. The van der Waals surface area contributed by atoms with Gasteiger partial charge in [-0.05, 0) is 35.3 Å². The molecule has 1 saturated carbocycles. The predicted octanol–water partition coefficient (Wildman–Crippen LogP) is 2.23. The number of amides is 1. The van der Waals surface area contributed by atoms with Gasteiger partial charge in [0.1, 0.15) is 5.52 Å². The van der Waals surface area contributed by atoms with Crippen molar-refractivity contribution in [2.24, 2.45) is 0 Å². The van der Waals surface area contributed by atoms with Crippen LogP contribution in [0.4, 0.5) is 0 Å². The molecule has 3 rings (SSSR count). The second kappa shape index (κ2) is 7.29. The summed E-state index contributed by atoms with van der Waals surface area (Å²) < 4.78 is 29.6. The monoisotopic (exact) mass is 351 g/mol. The summed E-state index contributed by atoms with van der Waals surface area (Å²) in [4.78, 5) is 12.2. The van der Waals surface area contributed by atoms with E-state index in [0.717, 1.165) is 25.7 Å². The van der Waals surface area contributed by atoms with Gasteiger partial charge in [0.15, 0.2) is 15.4 Å². The fraction of sp³-hybridized carbons (Fsp3) is 0.562. The lowest BCUT2D eigenvalue weighted by Gasteiger charge is -2.16. The van der Waals surface area contributed by atoms with Gasteiger partial charge in [-0.15, -0.1) is 0 Å². The molecule has 7 nitrogen and oxygen atoms in total. The molecule has 2 aromatic rings. The Balaban J connectivity index is 1.62. The molecule has 130 valence electrons. The maximum atomic E-state index is 12.5. The Morgan fingerprint density at radius 2 is 1.92 bits per heavy atom. The Bertz CT molecular complexity index is 808. The molecule has 8 heteroatoms. The summed E-state index contributed by atoms with van der Waals surface area (Å²) >= 11 is 0. The van der Waals surface area contributed by atoms with Crippen LogP contribution in [0.5, 0.6) is 0 Å². The van der Waals surface area contributed by atoms with Gasteiger partial charge in [-0.25, -0.2) is 13.0 Å². The quantitative estimate of drug-likeness (QED) is 0.829. The van der Waals surface area contributed by atoms with E-state index in [1.807, 2.05) is 0 Å². The lowest BCUT2D eigenvalue weighted by atomic mass is 10.1. The molecule has 24 heavy (non-hydrogen) atoms. The zero-order valence-corrected chi connectivity index (χ0v) is 14.2. The van der Waals surface area contributed by atoms with Crippen LogP contribution >= 0.6 is 0 Å². The highest BCUT2D eigenvalue weighted by atomic mass is 32.2. The van der Waals surface area contributed by atoms with Crippen LogP contribution in [0.15, 0.2) is 27.7 Å². The molecule has 0 spiro atoms. The normalized spacial score (nSPS) is 16.8. The summed E-state index contributed by atoms with van der Waals surface area (Å²) in [6, 6.07) is 4.85. The van der Waals surface area contributed by atoms with E-state index in [-0.39, 0.29) is 34.5 Å². The SMILES string of the molecule is O=C(CCS(=O)(=O)c1cccc2nonc12)NC1CCCCCC1. The minimum Gasteiger partial charge on any atom is -0.353 e. The molecule has 1 amide bonds. The zero-order valence-electron chi connectivity index (χ0n) is 13.4. The molecule has 1 aliphatic rings. The van der Waals surface area contributed by atoms with E-state index in [9.17, 15) is 13.2 Å². The third kappa shape index (κ3) is 3.92. The molecule has 1 aliphatic carbocycles. The van der Waals surface area contributed by atoms with Crippen LogP contribution in [0.1, 0.15) is 44.9 Å². The molecule has 1 N–H and O–H groups in total. The second-order valence-corrected chi connectivity index (χ2v) is 8.29. The first-order chi connectivity index (χ1) is 11.6. The molecule has 0 atom stereocenters. The van der Waals surface area contributed by atoms with E-state index in [4.69, 9.17) is 0 Å². The molecule has 0 saturated heterocycles. The molecule has 1 heterocycles.